The topological polar surface area (TPSA) is 291 Å². The van der Waals surface area contributed by atoms with Gasteiger partial charge in [-0.25, -0.2) is 32.7 Å². The number of alkyl halides is 6. The zero-order chi connectivity index (χ0) is 83.2. The Labute approximate surface area is 679 Å². The van der Waals surface area contributed by atoms with Crippen molar-refractivity contribution in [2.24, 2.45) is 25.9 Å². The molecule has 3 unspecified atom stereocenters. The molecule has 6 amide bonds. The van der Waals surface area contributed by atoms with Gasteiger partial charge in [-0.15, -0.1) is 0 Å². The molecule has 7 fully saturated rings. The monoisotopic (exact) mass is 1640 g/mol. The molecular formula is C85H95F6N19O9. The summed E-state index contributed by atoms with van der Waals surface area (Å²) >= 11 is 0. The minimum atomic E-state index is -4.83. The maximum Gasteiger partial charge on any atom is 0.433 e. The fourth-order valence-corrected chi connectivity index (χ4v) is 19.2. The average molecular weight is 1640 g/mol. The largest absolute Gasteiger partial charge is 0.433 e. The molecule has 4 aromatic carbocycles. The molecule has 2 saturated carbocycles. The van der Waals surface area contributed by atoms with Crippen LogP contribution in [0.2, 0.25) is 0 Å². The Balaban J connectivity index is 0.548. The number of carbonyl (C=O) groups is 6. The van der Waals surface area contributed by atoms with Crippen LogP contribution in [0.4, 0.5) is 54.8 Å². The number of anilines is 5. The van der Waals surface area contributed by atoms with Crippen molar-refractivity contribution in [2.75, 3.05) is 104 Å². The zero-order valence-electron chi connectivity index (χ0n) is 66.8. The number of hydrogen-bond donors (Lipinski definition) is 4. The normalized spacial score (nSPS) is 22.3. The molecule has 119 heavy (non-hydrogen) atoms. The number of ether oxygens (including phenoxy) is 1. The average Bonchev–Trinajstić information content (AvgIpc) is 1.61. The maximum atomic E-state index is 16.4. The second-order valence-corrected chi connectivity index (χ2v) is 33.6. The Hall–Kier alpha value is -11.3. The smallest absolute Gasteiger partial charge is 0.370 e. The van der Waals surface area contributed by atoms with Crippen molar-refractivity contribution >= 4 is 108 Å². The van der Waals surface area contributed by atoms with Gasteiger partial charge in [0.25, 0.3) is 18.2 Å². The summed E-state index contributed by atoms with van der Waals surface area (Å²) in [4.78, 5) is 125. The number of pyridine rings is 2. The first-order chi connectivity index (χ1) is 57.0. The van der Waals surface area contributed by atoms with Gasteiger partial charge in [-0.1, -0.05) is 18.2 Å². The molecule has 7 aliphatic rings. The van der Waals surface area contributed by atoms with Gasteiger partial charge in [-0.3, -0.25) is 71.9 Å². The Morgan fingerprint density at radius 1 is 0.571 bits per heavy atom. The molecule has 11 heterocycles. The summed E-state index contributed by atoms with van der Waals surface area (Å²) < 4.78 is 105. The van der Waals surface area contributed by atoms with Crippen molar-refractivity contribution in [3.8, 4) is 0 Å². The number of morpholine rings is 1. The number of fused-ring (bicyclic) bond motifs is 4. The molecule has 17 rings (SSSR count). The molecule has 626 valence electrons. The van der Waals surface area contributed by atoms with E-state index in [1.54, 1.807) is 35.4 Å². The molecule has 34 heteroatoms. The van der Waals surface area contributed by atoms with Gasteiger partial charge < -0.3 is 35.0 Å². The quantitative estimate of drug-likeness (QED) is 0.0432. The lowest BCUT2D eigenvalue weighted by molar-refractivity contribution is -0.141. The zero-order valence-corrected chi connectivity index (χ0v) is 66.8. The summed E-state index contributed by atoms with van der Waals surface area (Å²) in [6.07, 6.45) is 4.56. The number of hydrogen-bond acceptors (Lipinski definition) is 18. The van der Waals surface area contributed by atoms with Crippen LogP contribution < -0.4 is 47.3 Å². The standard InChI is InChI=1S/C85H95F6N19O9/c1-84(2,88)72-40-50(37-62(93-72)79(114)94-60-38-51-45-107(98-58(51)41-56(60)77(86)87)55-21-17-49(18-22-55)44-103-31-33-105(34-32-103)64-11-8-13-66-76(64)102(5)83(118)110(66)68-24-26-74(112)97-81(68)116)70-47-106(35-36-119-70)69-42-59-52(39-61(69)95-78(113)57-9-6-14-71(92-57)85(89,90)91)46-108(99-59)54-19-15-48(16-20-54)43-100(3)53-27-29-104(30-28-53)63-10-7-12-65-75(63)101(4)82(117)109(65)67-23-25-73(111)96-80(67)115/h6-14,37-42,45-46,48-49,53-55,67-68,70,77H,15-36,43-44,47H2,1-5H3,(H,94,114)(H,95,113)(H,96,111,115)(H,97,112,116)/t48-,49-,54-,55-,67?,68?,70?. The van der Waals surface area contributed by atoms with Gasteiger partial charge in [-0.2, -0.15) is 23.4 Å². The summed E-state index contributed by atoms with van der Waals surface area (Å²) in [5.74, 6) is -2.62. The van der Waals surface area contributed by atoms with Gasteiger partial charge in [-0.05, 0) is 188 Å². The summed E-state index contributed by atoms with van der Waals surface area (Å²) in [5.41, 5.74) is 0.993. The highest BCUT2D eigenvalue weighted by molar-refractivity contribution is 6.07. The lowest BCUT2D eigenvalue weighted by atomic mass is 9.85. The number of amides is 6. The van der Waals surface area contributed by atoms with Crippen molar-refractivity contribution in [1.82, 2.24) is 68.2 Å². The molecule has 3 atom stereocenters. The number of para-hydroxylation sites is 2. The van der Waals surface area contributed by atoms with Gasteiger partial charge >= 0.3 is 17.6 Å². The van der Waals surface area contributed by atoms with E-state index in [1.165, 1.54) is 53.3 Å². The van der Waals surface area contributed by atoms with Crippen LogP contribution in [0, 0.1) is 11.8 Å². The van der Waals surface area contributed by atoms with E-state index in [2.05, 4.69) is 57.9 Å². The summed E-state index contributed by atoms with van der Waals surface area (Å²) in [7, 11) is 5.61. The van der Waals surface area contributed by atoms with Gasteiger partial charge in [0.1, 0.15) is 40.9 Å². The van der Waals surface area contributed by atoms with E-state index in [1.807, 2.05) is 63.1 Å². The van der Waals surface area contributed by atoms with Crippen molar-refractivity contribution in [1.29, 1.82) is 0 Å². The van der Waals surface area contributed by atoms with E-state index in [-0.39, 0.29) is 103 Å². The van der Waals surface area contributed by atoms with E-state index < -0.39 is 77.0 Å². The summed E-state index contributed by atoms with van der Waals surface area (Å²) in [6.45, 7) is 9.29. The number of piperazine rings is 1. The predicted octanol–water partition coefficient (Wildman–Crippen LogP) is 11.6. The molecule has 4 N–H and O–H groups in total. The van der Waals surface area contributed by atoms with Gasteiger partial charge in [0.05, 0.1) is 85.9 Å². The fourth-order valence-electron chi connectivity index (χ4n) is 19.2. The van der Waals surface area contributed by atoms with Crippen LogP contribution >= 0.6 is 0 Å². The first kappa shape index (κ1) is 80.2. The first-order valence-electron chi connectivity index (χ1n) is 41.1. The lowest BCUT2D eigenvalue weighted by Crippen LogP contribution is -2.48. The Morgan fingerprint density at radius 3 is 1.66 bits per heavy atom. The number of imide groups is 2. The highest BCUT2D eigenvalue weighted by Crippen LogP contribution is 2.43. The fraction of sp³-hybridized carbons (Fsp3) is 0.482. The van der Waals surface area contributed by atoms with Crippen LogP contribution in [0.1, 0.15) is 184 Å². The molecule has 0 bridgehead atoms. The van der Waals surface area contributed by atoms with Crippen molar-refractivity contribution in [3.63, 3.8) is 0 Å². The number of nitrogens with one attached hydrogen (secondary N) is 4. The highest BCUT2D eigenvalue weighted by Gasteiger charge is 2.39. The molecule has 6 aromatic heterocycles. The second kappa shape index (κ2) is 32.1. The number of aromatic nitrogens is 10. The summed E-state index contributed by atoms with van der Waals surface area (Å²) in [6, 6.07) is 22.6. The van der Waals surface area contributed by atoms with Gasteiger partial charge in [0.15, 0.2) is 0 Å². The molecule has 10 aromatic rings. The van der Waals surface area contributed by atoms with Gasteiger partial charge in [0.2, 0.25) is 23.6 Å². The number of nitrogens with zero attached hydrogens (tertiary/aromatic N) is 15. The molecule has 5 aliphatic heterocycles. The molecular weight excluding hydrogens is 1550 g/mol. The molecule has 28 nitrogen and oxygen atoms in total. The number of aryl methyl sites for hydroxylation is 2. The third-order valence-electron chi connectivity index (χ3n) is 25.6. The van der Waals surface area contributed by atoms with Crippen LogP contribution in [-0.4, -0.2) is 178 Å². The molecule has 5 saturated heterocycles. The van der Waals surface area contributed by atoms with Crippen LogP contribution in [0.15, 0.2) is 113 Å². The van der Waals surface area contributed by atoms with Crippen LogP contribution in [0.3, 0.4) is 0 Å². The number of imidazole rings is 2. The lowest BCUT2D eigenvalue weighted by Gasteiger charge is -2.40. The third-order valence-corrected chi connectivity index (χ3v) is 25.6. The molecule has 2 aliphatic carbocycles. The molecule has 0 spiro atoms. The van der Waals surface area contributed by atoms with Crippen molar-refractivity contribution < 1.29 is 59.8 Å². The first-order valence-corrected chi connectivity index (χ1v) is 41.1. The SMILES string of the molecule is CN(C[C@H]1CC[C@H](n2cc3cc(NC(=O)c4cccc(C(F)(F)F)n4)c(N4CCOC(c5cc(C(=O)Nc6cc7cn([C@H]8CC[C@H](CN9CCN(c%10cccc%11c%10n(C)c(=O)n%11C%10CCC(=O)NC%10=O)CC9)CC8)nc7cc6C(F)F)nc(C(C)(C)F)c5)C4)cc3n2)CC1)C1CCN(c2cccc3c2n(C)c(=O)n3C2CCC(=O)NC2=O)CC1. The number of carbonyl (C=O) groups excluding carboxylic acids is 6. The van der Waals surface area contributed by atoms with E-state index in [0.29, 0.717) is 62.0 Å². The van der Waals surface area contributed by atoms with Crippen molar-refractivity contribution in [3.05, 3.63) is 158 Å². The maximum absolute atomic E-state index is 16.4. The minimum Gasteiger partial charge on any atom is -0.370 e. The van der Waals surface area contributed by atoms with E-state index >= 15 is 13.2 Å². The van der Waals surface area contributed by atoms with Crippen LogP contribution in [-0.2, 0) is 49.9 Å². The predicted molar refractivity (Wildman–Crippen MR) is 435 cm³/mol. The number of halogens is 6. The van der Waals surface area contributed by atoms with Gasteiger partial charge in [0, 0.05) is 127 Å². The van der Waals surface area contributed by atoms with Crippen molar-refractivity contribution in [2.45, 2.75) is 158 Å². The van der Waals surface area contributed by atoms with Crippen LogP contribution in [0.5, 0.6) is 0 Å². The Morgan fingerprint density at radius 2 is 1.10 bits per heavy atom. The number of piperidine rings is 3. The Bertz CT molecular complexity index is 5770. The number of rotatable bonds is 19. The third kappa shape index (κ3) is 16.0. The van der Waals surface area contributed by atoms with E-state index in [0.717, 1.165) is 151 Å². The van der Waals surface area contributed by atoms with E-state index in [4.69, 9.17) is 14.9 Å². The van der Waals surface area contributed by atoms with E-state index in [9.17, 15) is 51.5 Å². The summed E-state index contributed by atoms with van der Waals surface area (Å²) in [5, 5.41) is 21.4. The minimum absolute atomic E-state index is 0.00950. The number of benzene rings is 4. The molecule has 0 radical (unpaired) electrons. The highest BCUT2D eigenvalue weighted by atomic mass is 19.4. The van der Waals surface area contributed by atoms with Crippen LogP contribution in [0.25, 0.3) is 43.9 Å². The second-order valence-electron chi connectivity index (χ2n) is 33.6. The Kier molecular flexibility index (Phi) is 21.6.